The van der Waals surface area contributed by atoms with Gasteiger partial charge in [0, 0.05) is 44.9 Å². The Morgan fingerprint density at radius 1 is 1.00 bits per heavy atom. The monoisotopic (exact) mass is 536 g/mol. The smallest absolute Gasteiger partial charge is 0.191 e. The van der Waals surface area contributed by atoms with Crippen LogP contribution in [0.1, 0.15) is 49.4 Å². The van der Waals surface area contributed by atoms with Crippen molar-refractivity contribution in [3.8, 4) is 0 Å². The van der Waals surface area contributed by atoms with Crippen LogP contribution in [-0.2, 0) is 17.7 Å². The maximum Gasteiger partial charge on any atom is 0.191 e. The highest BCUT2D eigenvalue weighted by molar-refractivity contribution is 14.0. The third-order valence-corrected chi connectivity index (χ3v) is 6.04. The topological polar surface area (TPSA) is 57.7 Å². The lowest BCUT2D eigenvalue weighted by molar-refractivity contribution is 0.0355. The molecule has 2 aromatic rings. The van der Waals surface area contributed by atoms with Crippen molar-refractivity contribution in [1.82, 2.24) is 16.0 Å². The van der Waals surface area contributed by atoms with E-state index in [1.54, 1.807) is 0 Å². The van der Waals surface area contributed by atoms with E-state index >= 15 is 0 Å². The van der Waals surface area contributed by atoms with Crippen molar-refractivity contribution in [2.45, 2.75) is 51.2 Å². The number of ether oxygens (including phenoxy) is 1. The third-order valence-electron chi connectivity index (χ3n) is 6.04. The summed E-state index contributed by atoms with van der Waals surface area (Å²) in [6, 6.07) is 19.5. The molecule has 1 unspecified atom stereocenters. The molecule has 2 aromatic carbocycles. The van der Waals surface area contributed by atoms with Crippen LogP contribution in [0, 0.1) is 0 Å². The molecule has 0 saturated carbocycles. The van der Waals surface area contributed by atoms with Gasteiger partial charge in [-0.15, -0.1) is 24.0 Å². The fourth-order valence-corrected chi connectivity index (χ4v) is 4.15. The summed E-state index contributed by atoms with van der Waals surface area (Å²) in [5, 5.41) is 10.9. The van der Waals surface area contributed by atoms with Gasteiger partial charge in [-0.3, -0.25) is 4.99 Å². The Bertz CT molecular complexity index is 806. The number of aryl methyl sites for hydroxylation is 1. The molecule has 170 valence electrons. The van der Waals surface area contributed by atoms with Gasteiger partial charge >= 0.3 is 0 Å². The standard InChI is InChI=1S/C25H36N4O.HI/c1-4-21-10-8-9-13-23(21)18-27-24(26-3)28-19-25(14-16-30-17-15-25)29-20(2)22-11-6-5-7-12-22;/h5-13,20,29H,4,14-19H2,1-3H3,(H2,26,27,28);1H. The first-order valence-corrected chi connectivity index (χ1v) is 11.1. The van der Waals surface area contributed by atoms with Gasteiger partial charge in [-0.05, 0) is 42.9 Å². The molecule has 1 saturated heterocycles. The lowest BCUT2D eigenvalue weighted by atomic mass is 9.88. The van der Waals surface area contributed by atoms with E-state index in [9.17, 15) is 0 Å². The molecule has 0 spiro atoms. The summed E-state index contributed by atoms with van der Waals surface area (Å²) in [7, 11) is 1.83. The number of hydrogen-bond donors (Lipinski definition) is 3. The Kier molecular flexibility index (Phi) is 10.8. The van der Waals surface area contributed by atoms with Crippen LogP contribution in [-0.4, -0.2) is 38.3 Å². The largest absolute Gasteiger partial charge is 0.381 e. The molecule has 1 atom stereocenters. The molecule has 1 heterocycles. The fourth-order valence-electron chi connectivity index (χ4n) is 4.15. The lowest BCUT2D eigenvalue weighted by Crippen LogP contribution is -2.58. The molecule has 1 aliphatic rings. The third kappa shape index (κ3) is 7.47. The SMILES string of the molecule is CCc1ccccc1CNC(=NC)NCC1(NC(C)c2ccccc2)CCOCC1.I. The highest BCUT2D eigenvalue weighted by atomic mass is 127. The molecule has 31 heavy (non-hydrogen) atoms. The minimum Gasteiger partial charge on any atom is -0.381 e. The fraction of sp³-hybridized carbons (Fsp3) is 0.480. The predicted octanol–water partition coefficient (Wildman–Crippen LogP) is 4.43. The van der Waals surface area contributed by atoms with Crippen LogP contribution < -0.4 is 16.0 Å². The van der Waals surface area contributed by atoms with Crippen molar-refractivity contribution in [3.05, 3.63) is 71.3 Å². The van der Waals surface area contributed by atoms with Crippen molar-refractivity contribution in [1.29, 1.82) is 0 Å². The molecule has 3 rings (SSSR count). The van der Waals surface area contributed by atoms with E-state index in [0.29, 0.717) is 0 Å². The Hall–Kier alpha value is -1.64. The molecule has 1 aliphatic heterocycles. The molecule has 6 heteroatoms. The van der Waals surface area contributed by atoms with E-state index in [2.05, 4.69) is 89.4 Å². The minimum atomic E-state index is -0.0214. The lowest BCUT2D eigenvalue weighted by Gasteiger charge is -2.41. The molecule has 0 aliphatic carbocycles. The second-order valence-electron chi connectivity index (χ2n) is 8.07. The quantitative estimate of drug-likeness (QED) is 0.266. The molecular formula is C25H37IN4O. The van der Waals surface area contributed by atoms with Crippen molar-refractivity contribution in [2.24, 2.45) is 4.99 Å². The van der Waals surface area contributed by atoms with E-state index in [1.165, 1.54) is 16.7 Å². The number of guanidine groups is 1. The number of aliphatic imine (C=N–C) groups is 1. The van der Waals surface area contributed by atoms with Crippen LogP contribution >= 0.6 is 24.0 Å². The summed E-state index contributed by atoms with van der Waals surface area (Å²) in [4.78, 5) is 4.45. The summed E-state index contributed by atoms with van der Waals surface area (Å²) in [6.45, 7) is 7.58. The van der Waals surface area contributed by atoms with Crippen LogP contribution in [0.3, 0.4) is 0 Å². The van der Waals surface area contributed by atoms with Gasteiger partial charge in [0.1, 0.15) is 0 Å². The zero-order valence-electron chi connectivity index (χ0n) is 19.0. The van der Waals surface area contributed by atoms with E-state index < -0.39 is 0 Å². The summed E-state index contributed by atoms with van der Waals surface area (Å²) in [5.41, 5.74) is 3.98. The molecular weight excluding hydrogens is 499 g/mol. The zero-order chi connectivity index (χ0) is 21.2. The number of rotatable bonds is 8. The average molecular weight is 537 g/mol. The minimum absolute atomic E-state index is 0. The molecule has 0 amide bonds. The zero-order valence-corrected chi connectivity index (χ0v) is 21.3. The molecule has 1 fully saturated rings. The van der Waals surface area contributed by atoms with E-state index in [-0.39, 0.29) is 35.6 Å². The first-order chi connectivity index (χ1) is 14.7. The Balaban J connectivity index is 0.00000341. The maximum atomic E-state index is 5.66. The summed E-state index contributed by atoms with van der Waals surface area (Å²) < 4.78 is 5.66. The van der Waals surface area contributed by atoms with Gasteiger partial charge in [-0.25, -0.2) is 0 Å². The van der Waals surface area contributed by atoms with E-state index in [0.717, 1.165) is 51.5 Å². The summed E-state index contributed by atoms with van der Waals surface area (Å²) >= 11 is 0. The second-order valence-corrected chi connectivity index (χ2v) is 8.07. The first-order valence-electron chi connectivity index (χ1n) is 11.1. The summed E-state index contributed by atoms with van der Waals surface area (Å²) in [5.74, 6) is 0.834. The van der Waals surface area contributed by atoms with Crippen LogP contribution in [0.25, 0.3) is 0 Å². The van der Waals surface area contributed by atoms with E-state index in [4.69, 9.17) is 4.74 Å². The van der Waals surface area contributed by atoms with Gasteiger partial charge in [-0.1, -0.05) is 61.5 Å². The second kappa shape index (κ2) is 13.0. The number of benzene rings is 2. The van der Waals surface area contributed by atoms with Crippen molar-refractivity contribution < 1.29 is 4.74 Å². The van der Waals surface area contributed by atoms with Gasteiger partial charge < -0.3 is 20.7 Å². The molecule has 0 aromatic heterocycles. The molecule has 5 nitrogen and oxygen atoms in total. The van der Waals surface area contributed by atoms with Crippen molar-refractivity contribution in [2.75, 3.05) is 26.8 Å². The number of nitrogens with zero attached hydrogens (tertiary/aromatic N) is 1. The Morgan fingerprint density at radius 2 is 1.65 bits per heavy atom. The Morgan fingerprint density at radius 3 is 2.29 bits per heavy atom. The molecule has 0 bridgehead atoms. The predicted molar refractivity (Wildman–Crippen MR) is 140 cm³/mol. The van der Waals surface area contributed by atoms with Crippen molar-refractivity contribution in [3.63, 3.8) is 0 Å². The van der Waals surface area contributed by atoms with Gasteiger partial charge in [0.25, 0.3) is 0 Å². The number of nitrogens with one attached hydrogen (secondary N) is 3. The highest BCUT2D eigenvalue weighted by Crippen LogP contribution is 2.25. The maximum absolute atomic E-state index is 5.66. The van der Waals surface area contributed by atoms with Gasteiger partial charge in [0.05, 0.1) is 0 Å². The average Bonchev–Trinajstić information content (AvgIpc) is 2.80. The van der Waals surface area contributed by atoms with Crippen molar-refractivity contribution >= 4 is 29.9 Å². The first kappa shape index (κ1) is 25.6. The van der Waals surface area contributed by atoms with Gasteiger partial charge in [0.15, 0.2) is 5.96 Å². The number of hydrogen-bond acceptors (Lipinski definition) is 3. The van der Waals surface area contributed by atoms with Crippen LogP contribution in [0.15, 0.2) is 59.6 Å². The van der Waals surface area contributed by atoms with Crippen LogP contribution in [0.2, 0.25) is 0 Å². The van der Waals surface area contributed by atoms with E-state index in [1.807, 2.05) is 7.05 Å². The van der Waals surface area contributed by atoms with Crippen LogP contribution in [0.4, 0.5) is 0 Å². The number of halogens is 1. The highest BCUT2D eigenvalue weighted by Gasteiger charge is 2.34. The van der Waals surface area contributed by atoms with Crippen LogP contribution in [0.5, 0.6) is 0 Å². The summed E-state index contributed by atoms with van der Waals surface area (Å²) in [6.07, 6.45) is 2.99. The van der Waals surface area contributed by atoms with Gasteiger partial charge in [0.2, 0.25) is 0 Å². The normalized spacial score (nSPS) is 16.8. The van der Waals surface area contributed by atoms with Gasteiger partial charge in [-0.2, -0.15) is 0 Å². The molecule has 3 N–H and O–H groups in total. The molecule has 0 radical (unpaired) electrons. The Labute approximate surface area is 204 Å².